The second-order valence-electron chi connectivity index (χ2n) is 6.32. The molecular formula is C16H20FN3S. The van der Waals surface area contributed by atoms with Crippen LogP contribution in [0.15, 0.2) is 17.5 Å². The van der Waals surface area contributed by atoms with Gasteiger partial charge in [-0.2, -0.15) is 0 Å². The molecule has 0 atom stereocenters. The predicted molar refractivity (Wildman–Crippen MR) is 81.4 cm³/mol. The molecule has 1 fully saturated rings. The molecule has 0 aromatic carbocycles. The molecule has 3 heterocycles. The standard InChI is InChI=1S/C16H20FN3S/c17-12-10-16(11-12,13-6-5-9-21-13)15-19-18-14-7-3-1-2-4-8-20(14)15/h5-6,9,12H,1-4,7-8,10-11H2. The van der Waals surface area contributed by atoms with Crippen molar-refractivity contribution in [3.8, 4) is 0 Å². The Labute approximate surface area is 128 Å². The van der Waals surface area contributed by atoms with E-state index >= 15 is 0 Å². The highest BCUT2D eigenvalue weighted by Crippen LogP contribution is 2.51. The normalized spacial score (nSPS) is 29.3. The van der Waals surface area contributed by atoms with Crippen LogP contribution in [-0.4, -0.2) is 20.9 Å². The maximum Gasteiger partial charge on any atom is 0.144 e. The summed E-state index contributed by atoms with van der Waals surface area (Å²) in [4.78, 5) is 1.24. The lowest BCUT2D eigenvalue weighted by Gasteiger charge is -2.43. The average molecular weight is 305 g/mol. The number of hydrogen-bond acceptors (Lipinski definition) is 3. The van der Waals surface area contributed by atoms with Crippen LogP contribution in [0.25, 0.3) is 0 Å². The lowest BCUT2D eigenvalue weighted by Crippen LogP contribution is -2.45. The van der Waals surface area contributed by atoms with Crippen LogP contribution >= 0.6 is 11.3 Å². The van der Waals surface area contributed by atoms with Crippen LogP contribution in [-0.2, 0) is 18.4 Å². The molecule has 0 radical (unpaired) electrons. The van der Waals surface area contributed by atoms with Gasteiger partial charge in [-0.1, -0.05) is 18.9 Å². The van der Waals surface area contributed by atoms with E-state index in [-0.39, 0.29) is 5.41 Å². The lowest BCUT2D eigenvalue weighted by atomic mass is 9.65. The number of fused-ring (bicyclic) bond motifs is 1. The largest absolute Gasteiger partial charge is 0.314 e. The third-order valence-electron chi connectivity index (χ3n) is 4.92. The molecule has 1 aliphatic heterocycles. The number of halogens is 1. The van der Waals surface area contributed by atoms with Crippen molar-refractivity contribution in [1.82, 2.24) is 14.8 Å². The first-order valence-electron chi connectivity index (χ1n) is 7.90. The van der Waals surface area contributed by atoms with Gasteiger partial charge in [-0.05, 0) is 37.1 Å². The number of alkyl halides is 1. The van der Waals surface area contributed by atoms with Gasteiger partial charge >= 0.3 is 0 Å². The van der Waals surface area contributed by atoms with Gasteiger partial charge in [-0.15, -0.1) is 21.5 Å². The van der Waals surface area contributed by atoms with Crippen LogP contribution in [0.3, 0.4) is 0 Å². The molecule has 21 heavy (non-hydrogen) atoms. The zero-order valence-corrected chi connectivity index (χ0v) is 12.9. The van der Waals surface area contributed by atoms with Gasteiger partial charge in [0, 0.05) is 17.8 Å². The summed E-state index contributed by atoms with van der Waals surface area (Å²) < 4.78 is 16.0. The fourth-order valence-corrected chi connectivity index (χ4v) is 4.70. The van der Waals surface area contributed by atoms with E-state index < -0.39 is 6.17 Å². The molecule has 1 saturated carbocycles. The number of aryl methyl sites for hydroxylation is 1. The van der Waals surface area contributed by atoms with Crippen LogP contribution in [0, 0.1) is 0 Å². The van der Waals surface area contributed by atoms with E-state index in [1.165, 1.54) is 30.6 Å². The summed E-state index contributed by atoms with van der Waals surface area (Å²) in [6.45, 7) is 0.988. The van der Waals surface area contributed by atoms with Crippen molar-refractivity contribution in [3.05, 3.63) is 34.0 Å². The molecule has 0 saturated heterocycles. The SMILES string of the molecule is FC1CC(c2cccs2)(c2nnc3n2CCCCCC3)C1. The Morgan fingerprint density at radius 3 is 2.81 bits per heavy atom. The van der Waals surface area contributed by atoms with Gasteiger partial charge in [0.05, 0.1) is 5.41 Å². The Balaban J connectivity index is 1.77. The monoisotopic (exact) mass is 305 g/mol. The molecule has 0 bridgehead atoms. The molecule has 1 aliphatic carbocycles. The van der Waals surface area contributed by atoms with Crippen LogP contribution in [0.2, 0.25) is 0 Å². The summed E-state index contributed by atoms with van der Waals surface area (Å²) in [5, 5.41) is 11.0. The molecule has 2 aliphatic rings. The maximum atomic E-state index is 13.7. The van der Waals surface area contributed by atoms with E-state index in [1.807, 2.05) is 0 Å². The second-order valence-corrected chi connectivity index (χ2v) is 7.27. The van der Waals surface area contributed by atoms with Crippen molar-refractivity contribution >= 4 is 11.3 Å². The third-order valence-corrected chi connectivity index (χ3v) is 5.99. The van der Waals surface area contributed by atoms with Gasteiger partial charge in [0.2, 0.25) is 0 Å². The van der Waals surface area contributed by atoms with E-state index in [4.69, 9.17) is 0 Å². The first kappa shape index (κ1) is 13.4. The summed E-state index contributed by atoms with van der Waals surface area (Å²) in [6, 6.07) is 4.18. The molecule has 2 aromatic rings. The van der Waals surface area contributed by atoms with Gasteiger partial charge < -0.3 is 4.57 Å². The van der Waals surface area contributed by atoms with Crippen LogP contribution in [0.1, 0.15) is 55.1 Å². The average Bonchev–Trinajstić information content (AvgIpc) is 3.05. The smallest absolute Gasteiger partial charge is 0.144 e. The lowest BCUT2D eigenvalue weighted by molar-refractivity contribution is 0.116. The Morgan fingerprint density at radius 1 is 1.19 bits per heavy atom. The van der Waals surface area contributed by atoms with Crippen molar-refractivity contribution in [2.75, 3.05) is 0 Å². The maximum absolute atomic E-state index is 13.7. The molecule has 4 rings (SSSR count). The topological polar surface area (TPSA) is 30.7 Å². The zero-order chi connectivity index (χ0) is 14.3. The van der Waals surface area contributed by atoms with Crippen LogP contribution in [0.4, 0.5) is 4.39 Å². The second kappa shape index (κ2) is 5.20. The molecule has 2 aromatic heterocycles. The number of hydrogen-bond donors (Lipinski definition) is 0. The summed E-state index contributed by atoms with van der Waals surface area (Å²) in [5.41, 5.74) is -0.224. The number of thiophene rings is 1. The molecule has 3 nitrogen and oxygen atoms in total. The van der Waals surface area contributed by atoms with Gasteiger partial charge in [-0.25, -0.2) is 4.39 Å². The van der Waals surface area contributed by atoms with Crippen LogP contribution < -0.4 is 0 Å². The Morgan fingerprint density at radius 2 is 2.05 bits per heavy atom. The molecular weight excluding hydrogens is 285 g/mol. The summed E-state index contributed by atoms with van der Waals surface area (Å²) in [7, 11) is 0. The van der Waals surface area contributed by atoms with E-state index in [0.29, 0.717) is 12.8 Å². The summed E-state index contributed by atoms with van der Waals surface area (Å²) >= 11 is 1.72. The summed E-state index contributed by atoms with van der Waals surface area (Å²) in [5.74, 6) is 2.11. The highest BCUT2D eigenvalue weighted by atomic mass is 32.1. The van der Waals surface area contributed by atoms with Crippen molar-refractivity contribution in [2.24, 2.45) is 0 Å². The molecule has 0 spiro atoms. The van der Waals surface area contributed by atoms with E-state index in [9.17, 15) is 4.39 Å². The van der Waals surface area contributed by atoms with Crippen molar-refractivity contribution in [3.63, 3.8) is 0 Å². The minimum atomic E-state index is -0.700. The molecule has 112 valence electrons. The van der Waals surface area contributed by atoms with Gasteiger partial charge in [-0.3, -0.25) is 0 Å². The molecule has 5 heteroatoms. The van der Waals surface area contributed by atoms with Crippen molar-refractivity contribution < 1.29 is 4.39 Å². The number of rotatable bonds is 2. The number of aromatic nitrogens is 3. The Bertz CT molecular complexity index is 614. The highest BCUT2D eigenvalue weighted by molar-refractivity contribution is 7.10. The predicted octanol–water partition coefficient (Wildman–Crippen LogP) is 3.87. The highest BCUT2D eigenvalue weighted by Gasteiger charge is 2.51. The zero-order valence-electron chi connectivity index (χ0n) is 12.1. The van der Waals surface area contributed by atoms with E-state index in [2.05, 4.69) is 32.3 Å². The molecule has 0 unspecified atom stereocenters. The van der Waals surface area contributed by atoms with Crippen molar-refractivity contribution in [1.29, 1.82) is 0 Å². The Kier molecular flexibility index (Phi) is 3.32. The van der Waals surface area contributed by atoms with Gasteiger partial charge in [0.25, 0.3) is 0 Å². The molecule has 0 N–H and O–H groups in total. The van der Waals surface area contributed by atoms with E-state index in [1.54, 1.807) is 11.3 Å². The Hall–Kier alpha value is -1.23. The quantitative estimate of drug-likeness (QED) is 0.843. The number of nitrogens with zero attached hydrogens (tertiary/aromatic N) is 3. The minimum absolute atomic E-state index is 0.224. The summed E-state index contributed by atoms with van der Waals surface area (Å²) in [6.07, 6.45) is 6.35. The fraction of sp³-hybridized carbons (Fsp3) is 0.625. The first-order chi connectivity index (χ1) is 10.3. The van der Waals surface area contributed by atoms with Crippen LogP contribution in [0.5, 0.6) is 0 Å². The van der Waals surface area contributed by atoms with Crippen molar-refractivity contribution in [2.45, 2.75) is 63.1 Å². The molecule has 0 amide bonds. The minimum Gasteiger partial charge on any atom is -0.314 e. The van der Waals surface area contributed by atoms with E-state index in [0.717, 1.165) is 24.6 Å². The fourth-order valence-electron chi connectivity index (χ4n) is 3.76. The first-order valence-corrected chi connectivity index (χ1v) is 8.78. The van der Waals surface area contributed by atoms with Gasteiger partial charge in [0.15, 0.2) is 0 Å². The third kappa shape index (κ3) is 2.13. The van der Waals surface area contributed by atoms with Gasteiger partial charge in [0.1, 0.15) is 17.8 Å².